The van der Waals surface area contributed by atoms with Crippen molar-refractivity contribution < 1.29 is 0 Å². The third-order valence-corrected chi connectivity index (χ3v) is 13.5. The fourth-order valence-electron chi connectivity index (χ4n) is 10.6. The average molecular weight is 743 g/mol. The second kappa shape index (κ2) is 11.8. The Hall–Kier alpha value is -6.90. The molecule has 2 aliphatic carbocycles. The molecule has 2 heteroatoms. The smallest absolute Gasteiger partial charge is 0.0547 e. The van der Waals surface area contributed by atoms with E-state index >= 15 is 0 Å². The van der Waals surface area contributed by atoms with E-state index in [9.17, 15) is 0 Å². The summed E-state index contributed by atoms with van der Waals surface area (Å²) in [5.41, 5.74) is 17.5. The topological polar surface area (TPSA) is 8.17 Å². The predicted octanol–water partition coefficient (Wildman–Crippen LogP) is 15.2. The summed E-state index contributed by atoms with van der Waals surface area (Å²) >= 11 is 0. The number of fused-ring (bicyclic) bond motifs is 6. The second-order valence-corrected chi connectivity index (χ2v) is 17.4. The fourth-order valence-corrected chi connectivity index (χ4v) is 10.6. The Morgan fingerprint density at radius 2 is 1.02 bits per heavy atom. The molecule has 0 amide bonds. The molecule has 2 aliphatic rings. The first-order valence-corrected chi connectivity index (χ1v) is 20.5. The summed E-state index contributed by atoms with van der Waals surface area (Å²) < 4.78 is 2.46. The number of hydrogen-bond acceptors (Lipinski definition) is 1. The van der Waals surface area contributed by atoms with Gasteiger partial charge in [0.15, 0.2) is 0 Å². The zero-order valence-electron chi connectivity index (χ0n) is 33.2. The molecule has 0 unspecified atom stereocenters. The Kier molecular flexibility index (Phi) is 6.78. The summed E-state index contributed by atoms with van der Waals surface area (Å²) in [6, 6.07) is 68.0. The molecule has 10 aromatic rings. The van der Waals surface area contributed by atoms with Gasteiger partial charge in [0.05, 0.1) is 11.0 Å². The van der Waals surface area contributed by atoms with Crippen molar-refractivity contribution in [3.63, 3.8) is 0 Å². The van der Waals surface area contributed by atoms with E-state index in [4.69, 9.17) is 0 Å². The molecule has 0 fully saturated rings. The highest BCUT2D eigenvalue weighted by atomic mass is 15.1. The Labute approximate surface area is 339 Å². The quantitative estimate of drug-likeness (QED) is 0.159. The van der Waals surface area contributed by atoms with E-state index in [2.05, 4.69) is 219 Å². The minimum Gasteiger partial charge on any atom is -0.310 e. The number of benzene rings is 9. The van der Waals surface area contributed by atoms with Crippen molar-refractivity contribution in [2.45, 2.75) is 38.5 Å². The molecule has 0 N–H and O–H groups in total. The number of nitrogens with zero attached hydrogens (tertiary/aromatic N) is 2. The molecule has 0 spiro atoms. The Morgan fingerprint density at radius 1 is 0.379 bits per heavy atom. The highest BCUT2D eigenvalue weighted by Gasteiger charge is 2.37. The largest absolute Gasteiger partial charge is 0.310 e. The van der Waals surface area contributed by atoms with E-state index in [0.29, 0.717) is 0 Å². The number of para-hydroxylation sites is 1. The van der Waals surface area contributed by atoms with Crippen LogP contribution in [0.3, 0.4) is 0 Å². The van der Waals surface area contributed by atoms with Gasteiger partial charge >= 0.3 is 0 Å². The molecule has 0 atom stereocenters. The molecule has 2 nitrogen and oxygen atoms in total. The first kappa shape index (κ1) is 33.3. The molecule has 1 heterocycles. The molecular weight excluding hydrogens is 701 g/mol. The van der Waals surface area contributed by atoms with Crippen molar-refractivity contribution in [3.05, 3.63) is 204 Å². The van der Waals surface area contributed by atoms with Crippen molar-refractivity contribution in [3.8, 4) is 27.9 Å². The lowest BCUT2D eigenvalue weighted by Gasteiger charge is -2.29. The zero-order valence-corrected chi connectivity index (χ0v) is 33.2. The number of aromatic nitrogens is 1. The van der Waals surface area contributed by atoms with Crippen LogP contribution >= 0.6 is 0 Å². The summed E-state index contributed by atoms with van der Waals surface area (Å²) in [5, 5.41) is 7.91. The SMILES string of the molecule is CC1(C)c2ccccc2-c2cc3c(cc21)c1cc(N(c2ccc(-c4ccccc4)cc2)c2cc4c5c(ccc6cccc(c65)C4(C)C)c2)ccc1n3-c1ccccc1. The van der Waals surface area contributed by atoms with Crippen LogP contribution in [-0.2, 0) is 10.8 Å². The van der Waals surface area contributed by atoms with E-state index in [1.165, 1.54) is 99.2 Å². The fraction of sp³-hybridized carbons (Fsp3) is 0.107. The van der Waals surface area contributed by atoms with Crippen LogP contribution in [0, 0.1) is 0 Å². The van der Waals surface area contributed by atoms with Crippen LogP contribution in [0.25, 0.3) is 71.3 Å². The van der Waals surface area contributed by atoms with Crippen molar-refractivity contribution in [1.82, 2.24) is 4.57 Å². The van der Waals surface area contributed by atoms with Gasteiger partial charge in [-0.2, -0.15) is 0 Å². The summed E-state index contributed by atoms with van der Waals surface area (Å²) in [7, 11) is 0. The van der Waals surface area contributed by atoms with E-state index in [-0.39, 0.29) is 10.8 Å². The lowest BCUT2D eigenvalue weighted by Crippen LogP contribution is -2.17. The Bertz CT molecular complexity index is 3310. The van der Waals surface area contributed by atoms with Crippen LogP contribution in [0.4, 0.5) is 17.1 Å². The van der Waals surface area contributed by atoms with Crippen LogP contribution in [0.15, 0.2) is 182 Å². The van der Waals surface area contributed by atoms with Gasteiger partial charge in [-0.05, 0) is 133 Å². The maximum absolute atomic E-state index is 2.50. The van der Waals surface area contributed by atoms with Gasteiger partial charge in [-0.1, -0.05) is 143 Å². The van der Waals surface area contributed by atoms with Gasteiger partial charge < -0.3 is 9.47 Å². The van der Waals surface area contributed by atoms with Crippen molar-refractivity contribution in [2.75, 3.05) is 4.90 Å². The van der Waals surface area contributed by atoms with Gasteiger partial charge in [-0.15, -0.1) is 0 Å². The van der Waals surface area contributed by atoms with Crippen LogP contribution in [-0.4, -0.2) is 4.57 Å². The van der Waals surface area contributed by atoms with E-state index in [1.807, 2.05) is 0 Å². The van der Waals surface area contributed by atoms with Crippen molar-refractivity contribution in [1.29, 1.82) is 0 Å². The molecule has 12 rings (SSSR count). The maximum atomic E-state index is 2.50. The van der Waals surface area contributed by atoms with Gasteiger partial charge in [-0.3, -0.25) is 0 Å². The summed E-state index contributed by atoms with van der Waals surface area (Å²) in [6.07, 6.45) is 0. The molecule has 0 aliphatic heterocycles. The number of rotatable bonds is 5. The van der Waals surface area contributed by atoms with Gasteiger partial charge in [0.2, 0.25) is 0 Å². The minimum atomic E-state index is -0.127. The minimum absolute atomic E-state index is 0.102. The summed E-state index contributed by atoms with van der Waals surface area (Å²) in [4.78, 5) is 2.48. The molecule has 9 aromatic carbocycles. The Morgan fingerprint density at radius 3 is 1.83 bits per heavy atom. The number of hydrogen-bond donors (Lipinski definition) is 0. The first-order valence-electron chi connectivity index (χ1n) is 20.5. The summed E-state index contributed by atoms with van der Waals surface area (Å²) in [6.45, 7) is 9.54. The molecule has 276 valence electrons. The van der Waals surface area contributed by atoms with Crippen LogP contribution in [0.1, 0.15) is 49.9 Å². The monoisotopic (exact) mass is 742 g/mol. The standard InChI is InChI=1S/C56H42N2/c1-55(2)47-20-12-11-19-43(47)44-34-52-46(33-49(44)55)45-31-41(28-29-51(45)58(52)39-17-9-6-10-18-39)57(40-26-24-36(25-27-40)35-14-7-5-8-15-35)42-30-38-23-22-37-16-13-21-48-53(37)54(38)50(32-42)56(48,3)4/h5-34H,1-4H3. The van der Waals surface area contributed by atoms with Crippen LogP contribution in [0.5, 0.6) is 0 Å². The predicted molar refractivity (Wildman–Crippen MR) is 246 cm³/mol. The Balaban J connectivity index is 1.12. The molecule has 1 aromatic heterocycles. The van der Waals surface area contributed by atoms with Crippen LogP contribution < -0.4 is 4.90 Å². The molecule has 58 heavy (non-hydrogen) atoms. The average Bonchev–Trinajstić information content (AvgIpc) is 3.79. The third-order valence-electron chi connectivity index (χ3n) is 13.5. The van der Waals surface area contributed by atoms with Gasteiger partial charge in [0.25, 0.3) is 0 Å². The second-order valence-electron chi connectivity index (χ2n) is 17.4. The van der Waals surface area contributed by atoms with E-state index in [1.54, 1.807) is 0 Å². The molecule has 0 saturated carbocycles. The lowest BCUT2D eigenvalue weighted by molar-refractivity contribution is 0.661. The van der Waals surface area contributed by atoms with Crippen molar-refractivity contribution in [2.24, 2.45) is 0 Å². The zero-order chi connectivity index (χ0) is 38.9. The number of anilines is 3. The van der Waals surface area contributed by atoms with E-state index in [0.717, 1.165) is 11.4 Å². The maximum Gasteiger partial charge on any atom is 0.0547 e. The molecule has 0 bridgehead atoms. The van der Waals surface area contributed by atoms with Crippen molar-refractivity contribution >= 4 is 60.4 Å². The summed E-state index contributed by atoms with van der Waals surface area (Å²) in [5.74, 6) is 0. The normalized spacial score (nSPS) is 14.5. The molecular formula is C56H42N2. The van der Waals surface area contributed by atoms with E-state index < -0.39 is 0 Å². The third kappa shape index (κ3) is 4.54. The van der Waals surface area contributed by atoms with Gasteiger partial charge in [0, 0.05) is 44.4 Å². The van der Waals surface area contributed by atoms with Gasteiger partial charge in [0.1, 0.15) is 0 Å². The van der Waals surface area contributed by atoms with Gasteiger partial charge in [-0.25, -0.2) is 0 Å². The molecule has 0 saturated heterocycles. The highest BCUT2D eigenvalue weighted by Crippen LogP contribution is 2.53. The lowest BCUT2D eigenvalue weighted by atomic mass is 9.81. The highest BCUT2D eigenvalue weighted by molar-refractivity contribution is 6.16. The van der Waals surface area contributed by atoms with Crippen LogP contribution in [0.2, 0.25) is 0 Å². The first-order chi connectivity index (χ1) is 28.3. The molecule has 0 radical (unpaired) electrons.